The van der Waals surface area contributed by atoms with Crippen LogP contribution in [0.1, 0.15) is 26.2 Å². The Morgan fingerprint density at radius 3 is 2.89 bits per heavy atom. The first kappa shape index (κ1) is 15.2. The topological polar surface area (TPSA) is 58.6 Å². The van der Waals surface area contributed by atoms with Crippen LogP contribution in [0.15, 0.2) is 0 Å². The lowest BCUT2D eigenvalue weighted by atomic mass is 10.1. The summed E-state index contributed by atoms with van der Waals surface area (Å²) >= 11 is 5.58. The zero-order valence-electron chi connectivity index (χ0n) is 10.8. The molecule has 1 rings (SSSR count). The van der Waals surface area contributed by atoms with E-state index in [9.17, 15) is 9.59 Å². The average Bonchev–Trinajstić information content (AvgIpc) is 2.39. The van der Waals surface area contributed by atoms with Crippen LogP contribution in [-0.4, -0.2) is 54.9 Å². The third kappa shape index (κ3) is 4.46. The highest BCUT2D eigenvalue weighted by Gasteiger charge is 2.31. The predicted octanol–water partition coefficient (Wildman–Crippen LogP) is 0.759. The minimum Gasteiger partial charge on any atom is -0.377 e. The molecule has 18 heavy (non-hydrogen) atoms. The quantitative estimate of drug-likeness (QED) is 0.576. The highest BCUT2D eigenvalue weighted by Crippen LogP contribution is 2.11. The van der Waals surface area contributed by atoms with Crippen LogP contribution in [0.3, 0.4) is 0 Å². The van der Waals surface area contributed by atoms with Crippen LogP contribution < -0.4 is 5.32 Å². The Kier molecular flexibility index (Phi) is 7.05. The molecule has 0 saturated carbocycles. The van der Waals surface area contributed by atoms with Crippen molar-refractivity contribution in [1.29, 1.82) is 0 Å². The molecule has 0 bridgehead atoms. The van der Waals surface area contributed by atoms with Gasteiger partial charge in [-0.05, 0) is 19.8 Å². The standard InChI is InChI=1S/C12H21ClN2O3/c1-2-14-12(17)10-9-18-8-7-15(10)11(16)5-3-4-6-13/h10H,2-9H2,1H3,(H,14,17). The summed E-state index contributed by atoms with van der Waals surface area (Å²) in [6.07, 6.45) is 2.04. The molecule has 1 saturated heterocycles. The number of halogens is 1. The molecule has 104 valence electrons. The largest absolute Gasteiger partial charge is 0.377 e. The number of hydrogen-bond donors (Lipinski definition) is 1. The number of amides is 2. The summed E-state index contributed by atoms with van der Waals surface area (Å²) in [5.74, 6) is 0.443. The van der Waals surface area contributed by atoms with Gasteiger partial charge in [-0.3, -0.25) is 9.59 Å². The molecule has 1 N–H and O–H groups in total. The van der Waals surface area contributed by atoms with E-state index in [1.807, 2.05) is 6.92 Å². The van der Waals surface area contributed by atoms with Gasteiger partial charge in [-0.25, -0.2) is 0 Å². The lowest BCUT2D eigenvalue weighted by molar-refractivity contribution is -0.148. The lowest BCUT2D eigenvalue weighted by Gasteiger charge is -2.34. The summed E-state index contributed by atoms with van der Waals surface area (Å²) in [6, 6.07) is -0.484. The number of morpholine rings is 1. The molecule has 0 aliphatic carbocycles. The first-order valence-corrected chi connectivity index (χ1v) is 6.95. The highest BCUT2D eigenvalue weighted by molar-refractivity contribution is 6.17. The molecular formula is C12H21ClN2O3. The second-order valence-electron chi connectivity index (χ2n) is 4.22. The van der Waals surface area contributed by atoms with Crippen LogP contribution in [0.5, 0.6) is 0 Å². The first-order valence-electron chi connectivity index (χ1n) is 6.41. The number of carbonyl (C=O) groups is 2. The van der Waals surface area contributed by atoms with Gasteiger partial charge in [-0.15, -0.1) is 11.6 Å². The molecule has 1 atom stereocenters. The smallest absolute Gasteiger partial charge is 0.245 e. The Morgan fingerprint density at radius 1 is 1.44 bits per heavy atom. The predicted molar refractivity (Wildman–Crippen MR) is 69.6 cm³/mol. The summed E-state index contributed by atoms with van der Waals surface area (Å²) in [6.45, 7) is 3.68. The molecule has 2 amide bonds. The molecule has 0 aromatic heterocycles. The van der Waals surface area contributed by atoms with E-state index in [1.165, 1.54) is 0 Å². The number of carbonyl (C=O) groups excluding carboxylic acids is 2. The van der Waals surface area contributed by atoms with Crippen molar-refractivity contribution in [3.63, 3.8) is 0 Å². The van der Waals surface area contributed by atoms with Crippen LogP contribution in [0, 0.1) is 0 Å². The van der Waals surface area contributed by atoms with E-state index in [0.29, 0.717) is 32.0 Å². The third-order valence-corrected chi connectivity index (χ3v) is 3.14. The molecule has 1 unspecified atom stereocenters. The van der Waals surface area contributed by atoms with Crippen molar-refractivity contribution in [2.75, 3.05) is 32.2 Å². The number of nitrogens with one attached hydrogen (secondary N) is 1. The Balaban J connectivity index is 2.52. The van der Waals surface area contributed by atoms with Crippen LogP contribution >= 0.6 is 11.6 Å². The Labute approximate surface area is 113 Å². The van der Waals surface area contributed by atoms with Gasteiger partial charge in [0.2, 0.25) is 11.8 Å². The Bertz CT molecular complexity index is 286. The van der Waals surface area contributed by atoms with Crippen LogP contribution in [0.2, 0.25) is 0 Å². The van der Waals surface area contributed by atoms with Crippen LogP contribution in [0.4, 0.5) is 0 Å². The minimum absolute atomic E-state index is 0.0136. The zero-order valence-corrected chi connectivity index (χ0v) is 11.5. The zero-order chi connectivity index (χ0) is 13.4. The molecule has 0 aromatic carbocycles. The first-order chi connectivity index (χ1) is 8.70. The lowest BCUT2D eigenvalue weighted by Crippen LogP contribution is -2.55. The maximum atomic E-state index is 12.0. The molecule has 1 aliphatic rings. The van der Waals surface area contributed by atoms with Gasteiger partial charge in [0.05, 0.1) is 13.2 Å². The summed E-state index contributed by atoms with van der Waals surface area (Å²) in [5, 5.41) is 2.73. The number of ether oxygens (including phenoxy) is 1. The summed E-state index contributed by atoms with van der Waals surface area (Å²) in [4.78, 5) is 25.5. The van der Waals surface area contributed by atoms with Gasteiger partial charge in [0.15, 0.2) is 0 Å². The number of hydrogen-bond acceptors (Lipinski definition) is 3. The fourth-order valence-electron chi connectivity index (χ4n) is 1.93. The molecule has 0 aromatic rings. The van der Waals surface area contributed by atoms with E-state index in [-0.39, 0.29) is 18.4 Å². The number of unbranched alkanes of at least 4 members (excludes halogenated alkanes) is 1. The Hall–Kier alpha value is -0.810. The van der Waals surface area contributed by atoms with E-state index in [2.05, 4.69) is 5.32 Å². The molecule has 5 nitrogen and oxygen atoms in total. The average molecular weight is 277 g/mol. The van der Waals surface area contributed by atoms with Crippen molar-refractivity contribution >= 4 is 23.4 Å². The molecule has 1 fully saturated rings. The Morgan fingerprint density at radius 2 is 2.22 bits per heavy atom. The van der Waals surface area contributed by atoms with Gasteiger partial charge in [-0.1, -0.05) is 0 Å². The van der Waals surface area contributed by atoms with Gasteiger partial charge >= 0.3 is 0 Å². The molecule has 1 heterocycles. The molecule has 0 spiro atoms. The van der Waals surface area contributed by atoms with E-state index >= 15 is 0 Å². The number of rotatable bonds is 6. The summed E-state index contributed by atoms with van der Waals surface area (Å²) < 4.78 is 5.28. The van der Waals surface area contributed by atoms with Gasteiger partial charge in [-0.2, -0.15) is 0 Å². The molecule has 6 heteroatoms. The van der Waals surface area contributed by atoms with E-state index in [0.717, 1.165) is 12.8 Å². The second-order valence-corrected chi connectivity index (χ2v) is 4.60. The number of alkyl halides is 1. The van der Waals surface area contributed by atoms with E-state index < -0.39 is 6.04 Å². The van der Waals surface area contributed by atoms with Crippen LogP contribution in [0.25, 0.3) is 0 Å². The van der Waals surface area contributed by atoms with E-state index in [1.54, 1.807) is 4.90 Å². The monoisotopic (exact) mass is 276 g/mol. The minimum atomic E-state index is -0.484. The van der Waals surface area contributed by atoms with E-state index in [4.69, 9.17) is 16.3 Å². The molecule has 0 radical (unpaired) electrons. The normalized spacial score (nSPS) is 19.7. The van der Waals surface area contributed by atoms with Gasteiger partial charge in [0.1, 0.15) is 6.04 Å². The fraction of sp³-hybridized carbons (Fsp3) is 0.833. The second kappa shape index (κ2) is 8.32. The van der Waals surface area contributed by atoms with Gasteiger partial charge < -0.3 is 15.0 Å². The molecular weight excluding hydrogens is 256 g/mol. The van der Waals surface area contributed by atoms with Crippen molar-refractivity contribution in [1.82, 2.24) is 10.2 Å². The summed E-state index contributed by atoms with van der Waals surface area (Å²) in [7, 11) is 0. The van der Waals surface area contributed by atoms with Crippen molar-refractivity contribution in [3.8, 4) is 0 Å². The van der Waals surface area contributed by atoms with Crippen molar-refractivity contribution in [2.45, 2.75) is 32.2 Å². The SMILES string of the molecule is CCNC(=O)C1COCCN1C(=O)CCCCCl. The maximum Gasteiger partial charge on any atom is 0.245 e. The van der Waals surface area contributed by atoms with Crippen molar-refractivity contribution in [3.05, 3.63) is 0 Å². The third-order valence-electron chi connectivity index (χ3n) is 2.88. The van der Waals surface area contributed by atoms with Gasteiger partial charge in [0.25, 0.3) is 0 Å². The summed E-state index contributed by atoms with van der Waals surface area (Å²) in [5.41, 5.74) is 0. The fourth-order valence-corrected chi connectivity index (χ4v) is 2.11. The van der Waals surface area contributed by atoms with Gasteiger partial charge in [0, 0.05) is 25.4 Å². The van der Waals surface area contributed by atoms with Crippen LogP contribution in [-0.2, 0) is 14.3 Å². The molecule has 1 aliphatic heterocycles. The number of nitrogens with zero attached hydrogens (tertiary/aromatic N) is 1. The number of likely N-dealkylation sites (N-methyl/N-ethyl adjacent to an activating group) is 1. The maximum absolute atomic E-state index is 12.0. The van der Waals surface area contributed by atoms with Crippen molar-refractivity contribution < 1.29 is 14.3 Å². The van der Waals surface area contributed by atoms with Crippen molar-refractivity contribution in [2.24, 2.45) is 0 Å². The highest BCUT2D eigenvalue weighted by atomic mass is 35.5.